The zero-order chi connectivity index (χ0) is 74.3. The molecule has 3 aliphatic heterocycles. The molecule has 0 aromatic heterocycles. The van der Waals surface area contributed by atoms with E-state index in [1.807, 2.05) is 121 Å². The van der Waals surface area contributed by atoms with Crippen LogP contribution in [0.1, 0.15) is 131 Å². The smallest absolute Gasteiger partial charge is 0.411 e. The van der Waals surface area contributed by atoms with Crippen LogP contribution < -0.4 is 5.32 Å². The van der Waals surface area contributed by atoms with E-state index in [9.17, 15) is 45.9 Å². The number of piperidine rings is 2. The molecular weight excluding hydrogens is 1460 g/mol. The third kappa shape index (κ3) is 20.5. The Balaban J connectivity index is 0.593. The van der Waals surface area contributed by atoms with Crippen molar-refractivity contribution in [3.05, 3.63) is 232 Å². The number of likely N-dealkylation sites (N-methyl/N-ethyl adjacent to an activating group) is 2. The van der Waals surface area contributed by atoms with Gasteiger partial charge >= 0.3 is 10.0 Å². The molecule has 0 radical (unpaired) electrons. The molecular formula is C83H96F5IN8O8. The van der Waals surface area contributed by atoms with Crippen molar-refractivity contribution in [1.29, 1.82) is 0 Å². The van der Waals surface area contributed by atoms with Gasteiger partial charge in [-0.05, 0) is 159 Å². The second kappa shape index (κ2) is 35.5. The number of carbonyl (C=O) groups excluding carboxylic acids is 5. The van der Waals surface area contributed by atoms with Gasteiger partial charge in [-0.2, -0.15) is 8.78 Å². The Morgan fingerprint density at radius 1 is 0.638 bits per heavy atom. The second-order valence-electron chi connectivity index (χ2n) is 28.8. The monoisotopic (exact) mass is 1550 g/mol. The predicted molar refractivity (Wildman–Crippen MR) is 405 cm³/mol. The van der Waals surface area contributed by atoms with Gasteiger partial charge in [-0.25, -0.2) is 18.0 Å². The molecule has 0 saturated carbocycles. The molecule has 0 unspecified atom stereocenters. The first kappa shape index (κ1) is 78.0. The predicted octanol–water partition coefficient (Wildman–Crippen LogP) is 15.1. The number of amides is 5. The van der Waals surface area contributed by atoms with E-state index >= 15 is 0 Å². The molecule has 3 saturated heterocycles. The zero-order valence-electron chi connectivity index (χ0n) is 60.4. The van der Waals surface area contributed by atoms with E-state index in [1.165, 1.54) is 33.7 Å². The lowest BCUT2D eigenvalue weighted by atomic mass is 9.72. The number of ether oxygens (including phenoxy) is 3. The summed E-state index contributed by atoms with van der Waals surface area (Å²) in [6.45, 7) is 8.19. The van der Waals surface area contributed by atoms with Crippen molar-refractivity contribution in [3.8, 4) is 11.1 Å². The van der Waals surface area contributed by atoms with Crippen LogP contribution in [0.5, 0.6) is 0 Å². The number of unbranched alkanes of at least 4 members (excludes halogenated alkanes) is 2. The molecule has 1 N–H and O–H groups in total. The number of rotatable bonds is 31. The van der Waals surface area contributed by atoms with E-state index in [1.54, 1.807) is 36.0 Å². The average molecular weight is 1560 g/mol. The highest BCUT2D eigenvalue weighted by atomic mass is 127. The lowest BCUT2D eigenvalue weighted by Gasteiger charge is -2.44. The number of likely N-dealkylation sites (tertiary alicyclic amines) is 2. The van der Waals surface area contributed by atoms with E-state index in [2.05, 4.69) is 44.3 Å². The first-order valence-electron chi connectivity index (χ1n) is 36.6. The molecule has 1 aliphatic carbocycles. The van der Waals surface area contributed by atoms with Crippen molar-refractivity contribution in [3.63, 3.8) is 0 Å². The van der Waals surface area contributed by atoms with Crippen molar-refractivity contribution in [2.45, 2.75) is 124 Å². The summed E-state index contributed by atoms with van der Waals surface area (Å²) in [5.41, 5.74) is 5.31. The fraction of sp³-hybridized carbons (Fsp3) is 0.434. The van der Waals surface area contributed by atoms with Crippen molar-refractivity contribution in [2.24, 2.45) is 0 Å². The third-order valence-corrected chi connectivity index (χ3v) is 22.0. The highest BCUT2D eigenvalue weighted by Gasteiger charge is 2.50. The van der Waals surface area contributed by atoms with E-state index in [4.69, 9.17) is 14.2 Å². The fourth-order valence-electron chi connectivity index (χ4n) is 15.1. The number of nitrogens with one attached hydrogen (secondary N) is 1. The topological polar surface area (TPSA) is 148 Å². The maximum atomic E-state index is 14.6. The normalized spacial score (nSPS) is 17.7. The van der Waals surface area contributed by atoms with Gasteiger partial charge in [-0.15, -0.1) is 0 Å². The van der Waals surface area contributed by atoms with Crippen LogP contribution in [0.4, 0.5) is 32.4 Å². The van der Waals surface area contributed by atoms with Crippen LogP contribution in [0.25, 0.3) is 11.1 Å². The van der Waals surface area contributed by atoms with Crippen molar-refractivity contribution < 1.29 is 60.1 Å². The second-order valence-corrected chi connectivity index (χ2v) is 30.1. The van der Waals surface area contributed by atoms with Crippen molar-refractivity contribution in [1.82, 2.24) is 34.3 Å². The number of fused-ring (bicyclic) bond motifs is 2. The van der Waals surface area contributed by atoms with Gasteiger partial charge in [0, 0.05) is 149 Å². The molecule has 16 nitrogen and oxygen atoms in total. The molecule has 4 aliphatic rings. The number of benzene rings is 7. The van der Waals surface area contributed by atoms with E-state index in [0.717, 1.165) is 129 Å². The molecule has 2 atom stereocenters. The number of para-hydroxylation sites is 1. The Morgan fingerprint density at radius 3 is 1.97 bits per heavy atom. The van der Waals surface area contributed by atoms with E-state index < -0.39 is 44.4 Å². The SMILES string of the molecule is CN(CCN1CCC(OC(=O)Nc2ccccc2-c2ccccc2)CC1)C(=O)CCCCCN(Cc1ccccc1)Cc1ccc(C(=O)N(C)CCCN(C)C(=O)CO[C@H]2Cc3ccccc3C23CCN(CC[C@@]2(c4ccc(F)cc4)CN(C(=O)c4cc(C(C)(F)F)cc(C(F)(F)I)c4)CO2)CC3)cc1. The van der Waals surface area contributed by atoms with Gasteiger partial charge in [0.2, 0.25) is 11.8 Å². The molecule has 11 rings (SSSR count). The Bertz CT molecular complexity index is 4030. The lowest BCUT2D eigenvalue weighted by Crippen LogP contribution is -2.50. The van der Waals surface area contributed by atoms with Crippen LogP contribution in [0.2, 0.25) is 0 Å². The molecule has 558 valence electrons. The fourth-order valence-corrected chi connectivity index (χ4v) is 15.4. The molecule has 3 fully saturated rings. The van der Waals surface area contributed by atoms with Crippen molar-refractivity contribution in [2.75, 3.05) is 112 Å². The van der Waals surface area contributed by atoms with Crippen LogP contribution >= 0.6 is 22.6 Å². The summed E-state index contributed by atoms with van der Waals surface area (Å²) < 4.78 is 88.2. The molecule has 0 bridgehead atoms. The lowest BCUT2D eigenvalue weighted by molar-refractivity contribution is -0.139. The standard InChI is InChI=1S/C83H96F5IN8O8/c1-80(85,86)67-51-65(52-68(54-67)83(87,88)89)78(101)97-58-82(104-59-97,66-32-34-69(84)35-33-66)40-48-95-46-38-81(39-47-95)72-25-15-13-23-64(72)53-74(81)103-57-76(99)91(2)41-18-42-93(4)77(100)63-30-28-61(29-31-63)56-96(55-60-19-8-5-9-20-60)43-17-7-12-27-75(98)92(3)49-50-94-44-36-70(37-45-94)105-79(102)90-73-26-16-14-24-71(73)62-21-10-6-11-22-62/h5-6,8-11,13-16,19-26,28-35,51-52,54,70,74H,7,12,17-18,27,36-50,53,55-59H2,1-4H3,(H,90,102)/t74-,82-/m0/s1. The largest absolute Gasteiger partial charge is 0.446 e. The number of carbonyl (C=O) groups is 5. The Morgan fingerprint density at radius 2 is 1.27 bits per heavy atom. The van der Waals surface area contributed by atoms with Crippen LogP contribution in [0, 0.1) is 5.82 Å². The quantitative estimate of drug-likeness (QED) is 0.0192. The summed E-state index contributed by atoms with van der Waals surface area (Å²) in [5, 5.41) is 2.95. The number of anilines is 1. The highest BCUT2D eigenvalue weighted by molar-refractivity contribution is 14.1. The summed E-state index contributed by atoms with van der Waals surface area (Å²) in [6.07, 6.45) is 6.74. The third-order valence-electron chi connectivity index (χ3n) is 21.4. The van der Waals surface area contributed by atoms with Gasteiger partial charge in [0.1, 0.15) is 30.9 Å². The number of hydrogen-bond donors (Lipinski definition) is 1. The van der Waals surface area contributed by atoms with Crippen molar-refractivity contribution >= 4 is 58.0 Å². The van der Waals surface area contributed by atoms with Crippen LogP contribution in [-0.2, 0) is 64.2 Å². The van der Waals surface area contributed by atoms with E-state index in [-0.39, 0.29) is 60.8 Å². The average Bonchev–Trinajstić information content (AvgIpc) is 1.60. The number of hydrogen-bond acceptors (Lipinski definition) is 11. The van der Waals surface area contributed by atoms with Gasteiger partial charge in [0.25, 0.3) is 17.7 Å². The minimum absolute atomic E-state index is 0.0268. The number of halogens is 6. The molecule has 7 aromatic rings. The van der Waals surface area contributed by atoms with Gasteiger partial charge in [-0.3, -0.25) is 29.4 Å². The van der Waals surface area contributed by atoms with Gasteiger partial charge in [0.05, 0.1) is 18.3 Å². The maximum Gasteiger partial charge on any atom is 0.411 e. The molecule has 7 aromatic carbocycles. The van der Waals surface area contributed by atoms with Crippen LogP contribution in [0.3, 0.4) is 0 Å². The zero-order valence-corrected chi connectivity index (χ0v) is 62.6. The number of nitrogens with zero attached hydrogens (tertiary/aromatic N) is 7. The molecule has 3 heterocycles. The Kier molecular flexibility index (Phi) is 26.4. The minimum atomic E-state index is -3.51. The number of alkyl halides is 5. The summed E-state index contributed by atoms with van der Waals surface area (Å²) >= 11 is 0.861. The highest BCUT2D eigenvalue weighted by Crippen LogP contribution is 2.49. The van der Waals surface area contributed by atoms with Crippen LogP contribution in [0.15, 0.2) is 176 Å². The summed E-state index contributed by atoms with van der Waals surface area (Å²) in [5.74, 6) is -4.82. The van der Waals surface area contributed by atoms with E-state index in [0.29, 0.717) is 101 Å². The molecule has 5 amide bonds. The first-order valence-corrected chi connectivity index (χ1v) is 37.6. The summed E-state index contributed by atoms with van der Waals surface area (Å²) in [4.78, 5) is 81.4. The molecule has 1 spiro atoms. The van der Waals surface area contributed by atoms with Gasteiger partial charge < -0.3 is 43.6 Å². The maximum absolute atomic E-state index is 14.6. The summed E-state index contributed by atoms with van der Waals surface area (Å²) in [6, 6.07) is 52.6. The Labute approximate surface area is 627 Å². The summed E-state index contributed by atoms with van der Waals surface area (Å²) in [7, 11) is 5.41. The van der Waals surface area contributed by atoms with Gasteiger partial charge in [-0.1, -0.05) is 134 Å². The Hall–Kier alpha value is -8.13. The van der Waals surface area contributed by atoms with Crippen LogP contribution in [-0.4, -0.2) is 183 Å². The minimum Gasteiger partial charge on any atom is -0.446 e. The molecule has 22 heteroatoms. The van der Waals surface area contributed by atoms with Gasteiger partial charge in [0.15, 0.2) is 0 Å². The first-order chi connectivity index (χ1) is 50.4. The molecule has 105 heavy (non-hydrogen) atoms.